The number of ether oxygens (including phenoxy) is 2. The number of hydrazine groups is 1. The van der Waals surface area contributed by atoms with Gasteiger partial charge in [0.1, 0.15) is 0 Å². The van der Waals surface area contributed by atoms with Crippen molar-refractivity contribution in [2.24, 2.45) is 16.9 Å². The Balaban J connectivity index is 1.33. The van der Waals surface area contributed by atoms with Gasteiger partial charge in [0, 0.05) is 50.1 Å². The highest BCUT2D eigenvalue weighted by molar-refractivity contribution is 6.07. The van der Waals surface area contributed by atoms with Gasteiger partial charge in [-0.25, -0.2) is 0 Å². The minimum absolute atomic E-state index is 0.000423. The number of hydrazone groups is 1. The molecule has 3 aliphatic rings. The second-order valence-corrected chi connectivity index (χ2v) is 9.71. The van der Waals surface area contributed by atoms with Gasteiger partial charge in [-0.1, -0.05) is 43.2 Å². The lowest BCUT2D eigenvalue weighted by Gasteiger charge is -2.44. The first-order valence-corrected chi connectivity index (χ1v) is 12.8. The predicted octanol–water partition coefficient (Wildman–Crippen LogP) is 3.83. The molecular formula is C28H36N4O3. The van der Waals surface area contributed by atoms with Crippen LogP contribution >= 0.6 is 0 Å². The molecule has 35 heavy (non-hydrogen) atoms. The molecule has 7 nitrogen and oxygen atoms in total. The third-order valence-electron chi connectivity index (χ3n) is 7.69. The lowest BCUT2D eigenvalue weighted by molar-refractivity contribution is -0.161. The largest absolute Gasteiger partial charge is 0.493 e. The van der Waals surface area contributed by atoms with E-state index in [1.54, 1.807) is 19.3 Å². The van der Waals surface area contributed by atoms with Gasteiger partial charge in [-0.2, -0.15) is 15.2 Å². The Labute approximate surface area is 208 Å². The zero-order valence-corrected chi connectivity index (χ0v) is 20.9. The molecule has 0 radical (unpaired) electrons. The molecule has 2 heterocycles. The molecule has 7 heteroatoms. The van der Waals surface area contributed by atoms with Crippen molar-refractivity contribution in [3.05, 3.63) is 59.7 Å². The van der Waals surface area contributed by atoms with Crippen LogP contribution in [0.5, 0.6) is 11.5 Å². The summed E-state index contributed by atoms with van der Waals surface area (Å²) < 4.78 is 11.0. The van der Waals surface area contributed by atoms with Gasteiger partial charge in [0.2, 0.25) is 0 Å². The normalized spacial score (nSPS) is 23.5. The first-order valence-electron chi connectivity index (χ1n) is 12.8. The van der Waals surface area contributed by atoms with Crippen molar-refractivity contribution in [2.75, 3.05) is 46.9 Å². The van der Waals surface area contributed by atoms with Crippen LogP contribution in [0.25, 0.3) is 0 Å². The van der Waals surface area contributed by atoms with Gasteiger partial charge in [0.05, 0.1) is 19.9 Å². The van der Waals surface area contributed by atoms with Crippen LogP contribution in [0.4, 0.5) is 0 Å². The monoisotopic (exact) mass is 476 g/mol. The Kier molecular flexibility index (Phi) is 7.35. The third kappa shape index (κ3) is 5.07. The summed E-state index contributed by atoms with van der Waals surface area (Å²) in [6.07, 6.45) is 5.23. The summed E-state index contributed by atoms with van der Waals surface area (Å²) in [6.45, 7) is 4.52. The first kappa shape index (κ1) is 23.8. The van der Waals surface area contributed by atoms with Crippen molar-refractivity contribution in [2.45, 2.75) is 32.1 Å². The number of nitrogens with zero attached hydrogens (tertiary/aromatic N) is 4. The maximum absolute atomic E-state index is 13.6. The summed E-state index contributed by atoms with van der Waals surface area (Å²) in [6, 6.07) is 16.6. The Morgan fingerprint density at radius 1 is 0.886 bits per heavy atom. The molecule has 186 valence electrons. The third-order valence-corrected chi connectivity index (χ3v) is 7.69. The molecule has 0 aromatic heterocycles. The molecule has 2 fully saturated rings. The van der Waals surface area contributed by atoms with Crippen LogP contribution in [-0.2, 0) is 11.2 Å². The predicted molar refractivity (Wildman–Crippen MR) is 137 cm³/mol. The molecule has 5 rings (SSSR count). The number of rotatable bonds is 7. The molecule has 0 N–H and O–H groups in total. The summed E-state index contributed by atoms with van der Waals surface area (Å²) in [5.74, 6) is 1.72. The Morgan fingerprint density at radius 2 is 1.60 bits per heavy atom. The van der Waals surface area contributed by atoms with E-state index in [4.69, 9.17) is 14.6 Å². The topological polar surface area (TPSA) is 57.6 Å². The Morgan fingerprint density at radius 3 is 2.31 bits per heavy atom. The number of hydrogen-bond donors (Lipinski definition) is 0. The van der Waals surface area contributed by atoms with Crippen molar-refractivity contribution in [3.63, 3.8) is 0 Å². The molecule has 1 saturated heterocycles. The molecule has 2 aromatic carbocycles. The van der Waals surface area contributed by atoms with Gasteiger partial charge < -0.3 is 14.4 Å². The van der Waals surface area contributed by atoms with E-state index < -0.39 is 0 Å². The van der Waals surface area contributed by atoms with Crippen LogP contribution < -0.4 is 9.47 Å². The molecule has 1 saturated carbocycles. The van der Waals surface area contributed by atoms with E-state index in [0.29, 0.717) is 11.5 Å². The Bertz CT molecular complexity index is 1050. The standard InChI is InChI=1S/C28H36N4O3/c1-34-25-13-12-22(20-26(25)35-2)27-23-10-6-7-11-24(23)28(33)32(29-27)31-18-16-30(17-19-31)15-14-21-8-4-3-5-9-21/h3-5,8-9,12-13,20,23-24H,6-7,10-11,14-19H2,1-2H3. The molecule has 2 aliphatic heterocycles. The number of carbonyl (C=O) groups is 1. The number of benzene rings is 2. The molecule has 2 aromatic rings. The van der Waals surface area contributed by atoms with Gasteiger partial charge in [-0.05, 0) is 43.0 Å². The fourth-order valence-corrected chi connectivity index (χ4v) is 5.68. The average Bonchev–Trinajstić information content (AvgIpc) is 2.93. The van der Waals surface area contributed by atoms with E-state index in [2.05, 4.69) is 40.2 Å². The summed E-state index contributed by atoms with van der Waals surface area (Å²) in [5, 5.41) is 8.85. The first-order chi connectivity index (χ1) is 17.2. The highest BCUT2D eigenvalue weighted by Crippen LogP contribution is 2.39. The van der Waals surface area contributed by atoms with E-state index in [9.17, 15) is 4.79 Å². The van der Waals surface area contributed by atoms with Crippen molar-refractivity contribution in [1.29, 1.82) is 0 Å². The minimum Gasteiger partial charge on any atom is -0.493 e. The van der Waals surface area contributed by atoms with E-state index in [1.165, 1.54) is 5.56 Å². The molecule has 1 aliphatic carbocycles. The van der Waals surface area contributed by atoms with E-state index in [-0.39, 0.29) is 17.7 Å². The van der Waals surface area contributed by atoms with Gasteiger partial charge in [0.15, 0.2) is 11.5 Å². The molecule has 0 spiro atoms. The lowest BCUT2D eigenvalue weighted by Crippen LogP contribution is -2.58. The Hall–Kier alpha value is -2.90. The van der Waals surface area contributed by atoms with E-state index in [0.717, 1.165) is 76.1 Å². The SMILES string of the molecule is COc1ccc(C2=NN(N3CCN(CCc4ccccc4)CC3)C(=O)C3CCCCC23)cc1OC. The van der Waals surface area contributed by atoms with Crippen LogP contribution in [-0.4, -0.2) is 73.6 Å². The second-order valence-electron chi connectivity index (χ2n) is 9.71. The molecule has 0 bridgehead atoms. The average molecular weight is 477 g/mol. The fraction of sp³-hybridized carbons (Fsp3) is 0.500. The van der Waals surface area contributed by atoms with Crippen molar-refractivity contribution < 1.29 is 14.3 Å². The van der Waals surface area contributed by atoms with Crippen LogP contribution in [0, 0.1) is 11.8 Å². The molecular weight excluding hydrogens is 440 g/mol. The number of methoxy groups -OCH3 is 2. The molecule has 1 amide bonds. The fourth-order valence-electron chi connectivity index (χ4n) is 5.68. The van der Waals surface area contributed by atoms with Gasteiger partial charge in [-0.3, -0.25) is 4.79 Å². The maximum Gasteiger partial charge on any atom is 0.261 e. The zero-order valence-electron chi connectivity index (χ0n) is 20.9. The highest BCUT2D eigenvalue weighted by Gasteiger charge is 2.43. The minimum atomic E-state index is 0.000423. The molecule has 2 atom stereocenters. The number of carbonyl (C=O) groups excluding carboxylic acids is 1. The van der Waals surface area contributed by atoms with E-state index in [1.807, 2.05) is 18.2 Å². The van der Waals surface area contributed by atoms with Gasteiger partial charge in [-0.15, -0.1) is 0 Å². The summed E-state index contributed by atoms with van der Waals surface area (Å²) in [5.41, 5.74) is 3.38. The van der Waals surface area contributed by atoms with Gasteiger partial charge >= 0.3 is 0 Å². The number of amides is 1. The smallest absolute Gasteiger partial charge is 0.261 e. The number of piperazine rings is 1. The second kappa shape index (κ2) is 10.8. The molecule has 2 unspecified atom stereocenters. The van der Waals surface area contributed by atoms with Gasteiger partial charge in [0.25, 0.3) is 5.91 Å². The highest BCUT2D eigenvalue weighted by atomic mass is 16.5. The quantitative estimate of drug-likeness (QED) is 0.608. The van der Waals surface area contributed by atoms with E-state index >= 15 is 0 Å². The number of hydrogen-bond acceptors (Lipinski definition) is 6. The van der Waals surface area contributed by atoms with Crippen LogP contribution in [0.3, 0.4) is 0 Å². The lowest BCUT2D eigenvalue weighted by atomic mass is 9.73. The number of fused-ring (bicyclic) bond motifs is 1. The summed E-state index contributed by atoms with van der Waals surface area (Å²) in [7, 11) is 3.30. The van der Waals surface area contributed by atoms with Crippen molar-refractivity contribution in [1.82, 2.24) is 15.0 Å². The van der Waals surface area contributed by atoms with Crippen LogP contribution in [0.2, 0.25) is 0 Å². The van der Waals surface area contributed by atoms with Crippen LogP contribution in [0.1, 0.15) is 36.8 Å². The maximum atomic E-state index is 13.6. The summed E-state index contributed by atoms with van der Waals surface area (Å²) >= 11 is 0. The van der Waals surface area contributed by atoms with Crippen LogP contribution in [0.15, 0.2) is 53.6 Å². The van der Waals surface area contributed by atoms with Crippen molar-refractivity contribution in [3.8, 4) is 11.5 Å². The van der Waals surface area contributed by atoms with Crippen molar-refractivity contribution >= 4 is 11.6 Å². The summed E-state index contributed by atoms with van der Waals surface area (Å²) in [4.78, 5) is 16.1. The zero-order chi connectivity index (χ0) is 24.2.